The normalized spacial score (nSPS) is 11.6. The summed E-state index contributed by atoms with van der Waals surface area (Å²) >= 11 is 0. The lowest BCUT2D eigenvalue weighted by Crippen LogP contribution is -2.30. The van der Waals surface area contributed by atoms with Gasteiger partial charge in [-0.3, -0.25) is 9.59 Å². The average molecular weight is 398 g/mol. The Kier molecular flexibility index (Phi) is 7.36. The van der Waals surface area contributed by atoms with Crippen molar-refractivity contribution in [2.24, 2.45) is 5.73 Å². The molecular weight excluding hydrogens is 372 g/mol. The van der Waals surface area contributed by atoms with Crippen LogP contribution in [0.3, 0.4) is 0 Å². The van der Waals surface area contributed by atoms with Crippen molar-refractivity contribution in [1.82, 2.24) is 0 Å². The molecule has 0 spiro atoms. The van der Waals surface area contributed by atoms with Gasteiger partial charge in [-0.1, -0.05) is 32.0 Å². The van der Waals surface area contributed by atoms with Crippen LogP contribution in [-0.2, 0) is 14.3 Å². The van der Waals surface area contributed by atoms with Crippen LogP contribution in [0.5, 0.6) is 5.75 Å². The minimum absolute atomic E-state index is 0.235. The van der Waals surface area contributed by atoms with Crippen molar-refractivity contribution in [2.75, 3.05) is 11.9 Å². The van der Waals surface area contributed by atoms with Gasteiger partial charge < -0.3 is 20.5 Å². The molecule has 3 N–H and O–H groups in total. The van der Waals surface area contributed by atoms with Gasteiger partial charge in [-0.25, -0.2) is 4.79 Å². The molecule has 0 saturated carbocycles. The molecule has 0 aliphatic rings. The van der Waals surface area contributed by atoms with E-state index in [0.29, 0.717) is 5.75 Å². The van der Waals surface area contributed by atoms with Crippen LogP contribution < -0.4 is 15.8 Å². The number of hydrogen-bond donors (Lipinski definition) is 2. The second kappa shape index (κ2) is 9.73. The molecule has 2 aromatic rings. The van der Waals surface area contributed by atoms with Gasteiger partial charge in [0.1, 0.15) is 5.75 Å². The number of rotatable bonds is 8. The number of primary amides is 1. The minimum atomic E-state index is -0.979. The molecule has 0 saturated heterocycles. The van der Waals surface area contributed by atoms with E-state index in [0.717, 1.165) is 16.8 Å². The summed E-state index contributed by atoms with van der Waals surface area (Å²) in [7, 11) is 0. The Morgan fingerprint density at radius 3 is 2.28 bits per heavy atom. The van der Waals surface area contributed by atoms with Gasteiger partial charge in [0.05, 0.1) is 5.56 Å². The predicted octanol–water partition coefficient (Wildman–Crippen LogP) is 3.17. The van der Waals surface area contributed by atoms with Crippen LogP contribution in [0.2, 0.25) is 0 Å². The number of carbonyl (C=O) groups is 3. The van der Waals surface area contributed by atoms with Crippen molar-refractivity contribution < 1.29 is 23.9 Å². The highest BCUT2D eigenvalue weighted by Crippen LogP contribution is 2.27. The van der Waals surface area contributed by atoms with E-state index in [9.17, 15) is 14.4 Å². The number of para-hydroxylation sites is 1. The first-order valence-corrected chi connectivity index (χ1v) is 9.31. The van der Waals surface area contributed by atoms with E-state index >= 15 is 0 Å². The van der Waals surface area contributed by atoms with Gasteiger partial charge in [0.25, 0.3) is 11.8 Å². The van der Waals surface area contributed by atoms with E-state index in [2.05, 4.69) is 5.32 Å². The van der Waals surface area contributed by atoms with E-state index in [-0.39, 0.29) is 18.1 Å². The van der Waals surface area contributed by atoms with Gasteiger partial charge in [0.15, 0.2) is 12.7 Å². The third-order valence-electron chi connectivity index (χ3n) is 4.30. The first kappa shape index (κ1) is 21.9. The number of carbonyl (C=O) groups excluding carboxylic acids is 3. The molecule has 2 amide bonds. The Morgan fingerprint density at radius 2 is 1.69 bits per heavy atom. The van der Waals surface area contributed by atoms with Crippen LogP contribution in [0, 0.1) is 6.92 Å². The molecule has 7 heteroatoms. The molecule has 0 aliphatic heterocycles. The zero-order valence-corrected chi connectivity index (χ0v) is 17.0. The van der Waals surface area contributed by atoms with Crippen LogP contribution in [0.1, 0.15) is 48.2 Å². The fourth-order valence-corrected chi connectivity index (χ4v) is 2.69. The molecule has 2 aromatic carbocycles. The molecule has 0 fully saturated rings. The summed E-state index contributed by atoms with van der Waals surface area (Å²) in [5.41, 5.74) is 7.97. The number of ether oxygens (including phenoxy) is 2. The topological polar surface area (TPSA) is 108 Å². The zero-order chi connectivity index (χ0) is 21.6. The summed E-state index contributed by atoms with van der Waals surface area (Å²) in [5.74, 6) is -1.01. The molecule has 0 aliphatic carbocycles. The summed E-state index contributed by atoms with van der Waals surface area (Å²) < 4.78 is 10.4. The fourth-order valence-electron chi connectivity index (χ4n) is 2.69. The summed E-state index contributed by atoms with van der Waals surface area (Å²) in [5, 5.41) is 2.87. The number of esters is 1. The highest BCUT2D eigenvalue weighted by molar-refractivity contribution is 5.98. The fraction of sp³-hybridized carbons (Fsp3) is 0.318. The average Bonchev–Trinajstić information content (AvgIpc) is 2.67. The van der Waals surface area contributed by atoms with Gasteiger partial charge >= 0.3 is 5.97 Å². The number of anilines is 1. The van der Waals surface area contributed by atoms with Crippen LogP contribution in [0.4, 0.5) is 5.69 Å². The molecule has 0 heterocycles. The third kappa shape index (κ3) is 6.07. The molecule has 2 rings (SSSR count). The predicted molar refractivity (Wildman–Crippen MR) is 110 cm³/mol. The molecule has 1 atom stereocenters. The highest BCUT2D eigenvalue weighted by atomic mass is 16.5. The Balaban J connectivity index is 2.01. The number of nitrogens with two attached hydrogens (primary N) is 1. The van der Waals surface area contributed by atoms with Crippen LogP contribution in [0.15, 0.2) is 42.5 Å². The van der Waals surface area contributed by atoms with E-state index in [1.165, 1.54) is 31.2 Å². The molecular formula is C22H26N2O5. The second-order valence-corrected chi connectivity index (χ2v) is 7.01. The summed E-state index contributed by atoms with van der Waals surface area (Å²) in [6.45, 7) is 7.28. The second-order valence-electron chi connectivity index (χ2n) is 7.01. The summed E-state index contributed by atoms with van der Waals surface area (Å²) in [6, 6.07) is 11.8. The van der Waals surface area contributed by atoms with Crippen molar-refractivity contribution >= 4 is 23.5 Å². The third-order valence-corrected chi connectivity index (χ3v) is 4.30. The van der Waals surface area contributed by atoms with Crippen molar-refractivity contribution in [3.05, 3.63) is 59.2 Å². The Morgan fingerprint density at radius 1 is 1.03 bits per heavy atom. The van der Waals surface area contributed by atoms with Gasteiger partial charge in [0, 0.05) is 5.69 Å². The highest BCUT2D eigenvalue weighted by Gasteiger charge is 2.21. The van der Waals surface area contributed by atoms with E-state index in [1.54, 1.807) is 0 Å². The Labute approximate surface area is 170 Å². The van der Waals surface area contributed by atoms with E-state index in [4.69, 9.17) is 15.2 Å². The monoisotopic (exact) mass is 398 g/mol. The summed E-state index contributed by atoms with van der Waals surface area (Å²) in [6.07, 6.45) is -0.979. The van der Waals surface area contributed by atoms with Crippen molar-refractivity contribution in [2.45, 2.75) is 39.7 Å². The number of hydrogen-bond acceptors (Lipinski definition) is 5. The Hall–Kier alpha value is -3.35. The smallest absolute Gasteiger partial charge is 0.338 e. The maximum Gasteiger partial charge on any atom is 0.338 e. The quantitative estimate of drug-likeness (QED) is 0.664. The van der Waals surface area contributed by atoms with Crippen LogP contribution >= 0.6 is 0 Å². The van der Waals surface area contributed by atoms with E-state index < -0.39 is 23.9 Å². The van der Waals surface area contributed by atoms with Gasteiger partial charge in [-0.15, -0.1) is 0 Å². The lowest BCUT2D eigenvalue weighted by molar-refractivity contribution is -0.123. The minimum Gasteiger partial charge on any atom is -0.484 e. The molecule has 0 aromatic heterocycles. The standard InChI is InChI=1S/C22H26N2O5/c1-13(2)18-7-5-6-14(3)20(18)24-21(26)15(4)29-22(27)16-8-10-17(11-9-16)28-12-19(23)25/h5-11,13,15H,12H2,1-4H3,(H2,23,25)(H,24,26)/t15-/m0/s1. The van der Waals surface area contributed by atoms with Crippen LogP contribution in [-0.4, -0.2) is 30.5 Å². The maximum atomic E-state index is 12.6. The SMILES string of the molecule is Cc1cccc(C(C)C)c1NC(=O)[C@H](C)OC(=O)c1ccc(OCC(N)=O)cc1. The summed E-state index contributed by atoms with van der Waals surface area (Å²) in [4.78, 5) is 35.6. The Bertz CT molecular complexity index is 891. The van der Waals surface area contributed by atoms with Crippen LogP contribution in [0.25, 0.3) is 0 Å². The molecule has 29 heavy (non-hydrogen) atoms. The number of benzene rings is 2. The van der Waals surface area contributed by atoms with Gasteiger partial charge in [-0.2, -0.15) is 0 Å². The first-order chi connectivity index (χ1) is 13.7. The molecule has 7 nitrogen and oxygen atoms in total. The largest absolute Gasteiger partial charge is 0.484 e. The molecule has 0 radical (unpaired) electrons. The number of nitrogens with one attached hydrogen (secondary N) is 1. The van der Waals surface area contributed by atoms with Crippen molar-refractivity contribution in [3.8, 4) is 5.75 Å². The van der Waals surface area contributed by atoms with E-state index in [1.807, 2.05) is 39.0 Å². The number of aryl methyl sites for hydroxylation is 1. The van der Waals surface area contributed by atoms with Gasteiger partial charge in [0.2, 0.25) is 0 Å². The maximum absolute atomic E-state index is 12.6. The lowest BCUT2D eigenvalue weighted by atomic mass is 9.98. The lowest BCUT2D eigenvalue weighted by Gasteiger charge is -2.19. The zero-order valence-electron chi connectivity index (χ0n) is 17.0. The molecule has 154 valence electrons. The molecule has 0 unspecified atom stereocenters. The molecule has 0 bridgehead atoms. The van der Waals surface area contributed by atoms with Crippen molar-refractivity contribution in [3.63, 3.8) is 0 Å². The van der Waals surface area contributed by atoms with Crippen molar-refractivity contribution in [1.29, 1.82) is 0 Å². The van der Waals surface area contributed by atoms with Gasteiger partial charge in [-0.05, 0) is 55.2 Å². The number of amides is 2. The first-order valence-electron chi connectivity index (χ1n) is 9.31.